The maximum absolute atomic E-state index is 12.7. The fourth-order valence-corrected chi connectivity index (χ4v) is 5.35. The molecule has 2 aromatic rings. The molecule has 0 aromatic carbocycles. The Morgan fingerprint density at radius 3 is 2.57 bits per heavy atom. The van der Waals surface area contributed by atoms with Crippen LogP contribution in [0.2, 0.25) is 0 Å². The van der Waals surface area contributed by atoms with Gasteiger partial charge < -0.3 is 4.74 Å². The van der Waals surface area contributed by atoms with E-state index in [1.165, 1.54) is 35.9 Å². The first-order valence-corrected chi connectivity index (χ1v) is 9.26. The highest BCUT2D eigenvalue weighted by molar-refractivity contribution is 7.89. The molecule has 0 unspecified atom stereocenters. The lowest BCUT2D eigenvalue weighted by Crippen LogP contribution is -2.30. The number of rotatable bonds is 5. The molecule has 0 aliphatic rings. The van der Waals surface area contributed by atoms with Gasteiger partial charge >= 0.3 is 5.97 Å². The fourth-order valence-electron chi connectivity index (χ4n) is 1.81. The molecule has 1 atom stereocenters. The van der Waals surface area contributed by atoms with Crippen molar-refractivity contribution in [3.05, 3.63) is 38.7 Å². The molecule has 2 aromatic heterocycles. The van der Waals surface area contributed by atoms with Crippen LogP contribution >= 0.6 is 22.7 Å². The van der Waals surface area contributed by atoms with Gasteiger partial charge in [0.1, 0.15) is 9.77 Å². The summed E-state index contributed by atoms with van der Waals surface area (Å²) in [6, 6.07) is 4.89. The van der Waals surface area contributed by atoms with Crippen LogP contribution in [0.1, 0.15) is 27.5 Å². The molecule has 114 valence electrons. The van der Waals surface area contributed by atoms with Crippen molar-refractivity contribution in [2.45, 2.75) is 17.9 Å². The molecular weight excluding hydrogens is 330 g/mol. The zero-order valence-electron chi connectivity index (χ0n) is 11.8. The monoisotopic (exact) mass is 345 g/mol. The Morgan fingerprint density at radius 2 is 2.00 bits per heavy atom. The predicted molar refractivity (Wildman–Crippen MR) is 83.3 cm³/mol. The van der Waals surface area contributed by atoms with Crippen molar-refractivity contribution >= 4 is 38.7 Å². The quantitative estimate of drug-likeness (QED) is 0.782. The molecule has 0 N–H and O–H groups in total. The van der Waals surface area contributed by atoms with Crippen molar-refractivity contribution in [1.82, 2.24) is 4.31 Å². The highest BCUT2D eigenvalue weighted by atomic mass is 32.2. The van der Waals surface area contributed by atoms with Crippen LogP contribution in [0, 0.1) is 0 Å². The first-order chi connectivity index (χ1) is 9.89. The smallest absolute Gasteiger partial charge is 0.349 e. The molecule has 0 saturated carbocycles. The van der Waals surface area contributed by atoms with E-state index in [0.29, 0.717) is 0 Å². The van der Waals surface area contributed by atoms with Gasteiger partial charge in [-0.15, -0.1) is 22.7 Å². The maximum atomic E-state index is 12.7. The number of carbonyl (C=O) groups is 1. The van der Waals surface area contributed by atoms with Crippen LogP contribution in [0.4, 0.5) is 0 Å². The van der Waals surface area contributed by atoms with Crippen molar-refractivity contribution in [2.75, 3.05) is 14.2 Å². The minimum atomic E-state index is -3.76. The number of ether oxygens (including phenoxy) is 1. The minimum Gasteiger partial charge on any atom is -0.465 e. The summed E-state index contributed by atoms with van der Waals surface area (Å²) in [7, 11) is -1.01. The number of carbonyl (C=O) groups excluding carboxylic acids is 1. The Hall–Kier alpha value is -1.22. The van der Waals surface area contributed by atoms with E-state index in [2.05, 4.69) is 4.74 Å². The minimum absolute atomic E-state index is 0.00902. The molecule has 5 nitrogen and oxygen atoms in total. The summed E-state index contributed by atoms with van der Waals surface area (Å²) in [4.78, 5) is 12.7. The first kappa shape index (κ1) is 16.2. The second kappa shape index (κ2) is 6.27. The highest BCUT2D eigenvalue weighted by Gasteiger charge is 2.31. The van der Waals surface area contributed by atoms with Gasteiger partial charge in [-0.3, -0.25) is 0 Å². The van der Waals surface area contributed by atoms with E-state index >= 15 is 0 Å². The van der Waals surface area contributed by atoms with Gasteiger partial charge in [0.25, 0.3) is 0 Å². The average molecular weight is 345 g/mol. The molecule has 2 heterocycles. The van der Waals surface area contributed by atoms with Gasteiger partial charge in [-0.25, -0.2) is 13.2 Å². The normalized spacial score (nSPS) is 13.3. The number of esters is 1. The van der Waals surface area contributed by atoms with Gasteiger partial charge in [0.15, 0.2) is 0 Å². The average Bonchev–Trinajstić information content (AvgIpc) is 3.15. The lowest BCUT2D eigenvalue weighted by Gasteiger charge is -2.23. The Bertz CT molecular complexity index is 718. The Labute approximate surface area is 131 Å². The van der Waals surface area contributed by atoms with Crippen molar-refractivity contribution < 1.29 is 17.9 Å². The van der Waals surface area contributed by atoms with Crippen molar-refractivity contribution in [1.29, 1.82) is 0 Å². The van der Waals surface area contributed by atoms with Gasteiger partial charge in [-0.1, -0.05) is 6.07 Å². The molecule has 21 heavy (non-hydrogen) atoms. The highest BCUT2D eigenvalue weighted by Crippen LogP contribution is 2.31. The van der Waals surface area contributed by atoms with E-state index in [9.17, 15) is 13.2 Å². The zero-order chi connectivity index (χ0) is 15.6. The lowest BCUT2D eigenvalue weighted by atomic mass is 10.3. The van der Waals surface area contributed by atoms with Gasteiger partial charge in [-0.2, -0.15) is 4.31 Å². The van der Waals surface area contributed by atoms with Crippen LogP contribution in [-0.4, -0.2) is 32.8 Å². The van der Waals surface area contributed by atoms with Gasteiger partial charge in [-0.05, 0) is 29.8 Å². The third kappa shape index (κ3) is 3.03. The van der Waals surface area contributed by atoms with Crippen LogP contribution in [0.15, 0.2) is 33.9 Å². The molecule has 0 spiro atoms. The number of sulfonamides is 1. The van der Waals surface area contributed by atoms with Crippen LogP contribution < -0.4 is 0 Å². The molecule has 0 radical (unpaired) electrons. The molecular formula is C13H15NO4S3. The second-order valence-corrected chi connectivity index (χ2v) is 8.18. The Balaban J connectivity index is 2.38. The largest absolute Gasteiger partial charge is 0.465 e. The third-order valence-electron chi connectivity index (χ3n) is 3.16. The molecule has 8 heteroatoms. The van der Waals surface area contributed by atoms with E-state index < -0.39 is 16.0 Å². The molecule has 2 rings (SSSR count). The summed E-state index contributed by atoms with van der Waals surface area (Å²) in [5, 5.41) is 3.47. The number of methoxy groups -OCH3 is 1. The van der Waals surface area contributed by atoms with E-state index in [-0.39, 0.29) is 15.8 Å². The number of hydrogen-bond acceptors (Lipinski definition) is 6. The Kier molecular flexibility index (Phi) is 4.82. The van der Waals surface area contributed by atoms with E-state index in [0.717, 1.165) is 16.2 Å². The van der Waals surface area contributed by atoms with Crippen LogP contribution in [0.25, 0.3) is 0 Å². The topological polar surface area (TPSA) is 63.7 Å². The van der Waals surface area contributed by atoms with Gasteiger partial charge in [0.2, 0.25) is 10.0 Å². The van der Waals surface area contributed by atoms with E-state index in [4.69, 9.17) is 0 Å². The lowest BCUT2D eigenvalue weighted by molar-refractivity contribution is 0.0602. The summed E-state index contributed by atoms with van der Waals surface area (Å²) >= 11 is 2.55. The second-order valence-electron chi connectivity index (χ2n) is 4.32. The number of hydrogen-bond donors (Lipinski definition) is 0. The predicted octanol–water partition coefficient (Wildman–Crippen LogP) is 2.98. The van der Waals surface area contributed by atoms with Crippen molar-refractivity contribution in [3.8, 4) is 0 Å². The van der Waals surface area contributed by atoms with Crippen LogP contribution in [0.3, 0.4) is 0 Å². The van der Waals surface area contributed by atoms with Gasteiger partial charge in [0.05, 0.1) is 13.2 Å². The molecule has 0 bridgehead atoms. The molecule has 0 aliphatic carbocycles. The summed E-state index contributed by atoms with van der Waals surface area (Å²) < 4.78 is 31.3. The number of nitrogens with zero attached hydrogens (tertiary/aromatic N) is 1. The molecule has 0 saturated heterocycles. The standard InChI is InChI=1S/C13H15NO4S3/c1-9(10-5-4-7-19-10)14(2)21(16,17)11-6-8-20-12(11)13(15)18-3/h4-9H,1-3H3/t9-/m1/s1. The molecule has 0 amide bonds. The SMILES string of the molecule is COC(=O)c1sccc1S(=O)(=O)N(C)[C@H](C)c1cccs1. The van der Waals surface area contributed by atoms with Crippen molar-refractivity contribution in [2.24, 2.45) is 0 Å². The van der Waals surface area contributed by atoms with E-state index in [1.54, 1.807) is 5.38 Å². The summed E-state index contributed by atoms with van der Waals surface area (Å²) in [6.45, 7) is 1.81. The molecule has 0 aliphatic heterocycles. The Morgan fingerprint density at radius 1 is 1.29 bits per heavy atom. The zero-order valence-corrected chi connectivity index (χ0v) is 14.2. The number of thiophene rings is 2. The van der Waals surface area contributed by atoms with E-state index in [1.807, 2.05) is 24.4 Å². The summed E-state index contributed by atoms with van der Waals surface area (Å²) in [5.74, 6) is -0.638. The maximum Gasteiger partial charge on any atom is 0.349 e. The fraction of sp³-hybridized carbons (Fsp3) is 0.308. The molecule has 0 fully saturated rings. The van der Waals surface area contributed by atoms with Crippen LogP contribution in [-0.2, 0) is 14.8 Å². The van der Waals surface area contributed by atoms with Crippen LogP contribution in [0.5, 0.6) is 0 Å². The van der Waals surface area contributed by atoms with Crippen molar-refractivity contribution in [3.63, 3.8) is 0 Å². The third-order valence-corrected chi connectivity index (χ3v) is 7.19. The summed E-state index contributed by atoms with van der Waals surface area (Å²) in [5.41, 5.74) is 0. The van der Waals surface area contributed by atoms with Gasteiger partial charge in [0, 0.05) is 11.9 Å². The summed E-state index contributed by atoms with van der Waals surface area (Å²) in [6.07, 6.45) is 0. The first-order valence-electron chi connectivity index (χ1n) is 6.06.